The highest BCUT2D eigenvalue weighted by atomic mass is 16.5. The minimum absolute atomic E-state index is 0.431. The lowest BCUT2D eigenvalue weighted by atomic mass is 10.2. The molecule has 1 saturated carbocycles. The van der Waals surface area contributed by atoms with Gasteiger partial charge in [0, 0.05) is 25.1 Å². The zero-order chi connectivity index (χ0) is 13.9. The fourth-order valence-electron chi connectivity index (χ4n) is 2.69. The van der Waals surface area contributed by atoms with E-state index < -0.39 is 0 Å². The van der Waals surface area contributed by atoms with Gasteiger partial charge in [0.15, 0.2) is 0 Å². The summed E-state index contributed by atoms with van der Waals surface area (Å²) in [4.78, 5) is 11.9. The predicted molar refractivity (Wildman–Crippen MR) is 80.4 cm³/mol. The van der Waals surface area contributed by atoms with E-state index in [9.17, 15) is 0 Å². The summed E-state index contributed by atoms with van der Waals surface area (Å²) < 4.78 is 5.59. The Kier molecular flexibility index (Phi) is 4.05. The molecule has 2 fully saturated rings. The lowest BCUT2D eigenvalue weighted by molar-refractivity contribution is 0.0925. The van der Waals surface area contributed by atoms with Crippen LogP contribution in [-0.4, -0.2) is 42.3 Å². The van der Waals surface area contributed by atoms with E-state index in [1.165, 1.54) is 12.8 Å². The number of hydrogen-bond acceptors (Lipinski definition) is 5. The fraction of sp³-hybridized carbons (Fsp3) is 0.733. The Morgan fingerprint density at radius 2 is 2.20 bits per heavy atom. The third-order valence-electron chi connectivity index (χ3n) is 4.02. The molecule has 0 spiro atoms. The van der Waals surface area contributed by atoms with Crippen molar-refractivity contribution in [1.82, 2.24) is 9.97 Å². The summed E-state index contributed by atoms with van der Waals surface area (Å²) in [6.07, 6.45) is 3.55. The molecule has 1 saturated heterocycles. The number of nitrogens with one attached hydrogen (secondary N) is 1. The van der Waals surface area contributed by atoms with Crippen LogP contribution in [0.4, 0.5) is 11.6 Å². The highest BCUT2D eigenvalue weighted by Gasteiger charge is 2.29. The van der Waals surface area contributed by atoms with Crippen LogP contribution in [0.25, 0.3) is 0 Å². The molecule has 0 radical (unpaired) electrons. The molecule has 5 nitrogen and oxygen atoms in total. The summed E-state index contributed by atoms with van der Waals surface area (Å²) in [6, 6.07) is 2.52. The van der Waals surface area contributed by atoms with E-state index in [-0.39, 0.29) is 0 Å². The molecule has 2 heterocycles. The number of ether oxygens (including phenoxy) is 1. The largest absolute Gasteiger partial charge is 0.377 e. The Balaban J connectivity index is 1.89. The van der Waals surface area contributed by atoms with Gasteiger partial charge >= 0.3 is 0 Å². The first-order valence-corrected chi connectivity index (χ1v) is 7.79. The minimum Gasteiger partial charge on any atom is -0.377 e. The number of anilines is 2. The Labute approximate surface area is 120 Å². The highest BCUT2D eigenvalue weighted by molar-refractivity contribution is 5.51. The van der Waals surface area contributed by atoms with Crippen LogP contribution < -0.4 is 10.2 Å². The Morgan fingerprint density at radius 3 is 2.90 bits per heavy atom. The molecule has 0 amide bonds. The van der Waals surface area contributed by atoms with E-state index in [0.717, 1.165) is 50.2 Å². The Hall–Kier alpha value is -1.36. The van der Waals surface area contributed by atoms with E-state index in [4.69, 9.17) is 9.72 Å². The van der Waals surface area contributed by atoms with Crippen molar-refractivity contribution in [1.29, 1.82) is 0 Å². The molecule has 1 atom stereocenters. The highest BCUT2D eigenvalue weighted by Crippen LogP contribution is 2.39. The first kappa shape index (κ1) is 13.6. The predicted octanol–water partition coefficient (Wildman–Crippen LogP) is 2.40. The molecule has 1 aliphatic carbocycles. The van der Waals surface area contributed by atoms with Crippen LogP contribution in [0.5, 0.6) is 0 Å². The number of aromatic nitrogens is 2. The first-order valence-electron chi connectivity index (χ1n) is 7.79. The van der Waals surface area contributed by atoms with Gasteiger partial charge in [-0.25, -0.2) is 9.97 Å². The molecule has 0 aromatic carbocycles. The van der Waals surface area contributed by atoms with Crippen LogP contribution in [0.3, 0.4) is 0 Å². The van der Waals surface area contributed by atoms with E-state index in [1.807, 2.05) is 0 Å². The van der Waals surface area contributed by atoms with Crippen molar-refractivity contribution in [3.05, 3.63) is 11.9 Å². The Bertz CT molecular complexity index is 461. The molecule has 5 heteroatoms. The van der Waals surface area contributed by atoms with Gasteiger partial charge in [0.05, 0.1) is 19.3 Å². The molecule has 1 aromatic heterocycles. The van der Waals surface area contributed by atoms with Crippen molar-refractivity contribution in [2.45, 2.75) is 45.1 Å². The molecule has 3 rings (SSSR count). The van der Waals surface area contributed by atoms with Crippen LogP contribution in [0.2, 0.25) is 0 Å². The zero-order valence-corrected chi connectivity index (χ0v) is 12.4. The smallest absolute Gasteiger partial charge is 0.136 e. The summed E-state index contributed by atoms with van der Waals surface area (Å²) in [5.74, 6) is 3.61. The van der Waals surface area contributed by atoms with Crippen molar-refractivity contribution in [3.8, 4) is 0 Å². The molecular formula is C15H24N4O. The van der Waals surface area contributed by atoms with Gasteiger partial charge < -0.3 is 15.0 Å². The normalized spacial score (nSPS) is 22.9. The third-order valence-corrected chi connectivity index (χ3v) is 4.02. The van der Waals surface area contributed by atoms with Crippen LogP contribution in [0.15, 0.2) is 6.07 Å². The minimum atomic E-state index is 0.431. The maximum Gasteiger partial charge on any atom is 0.136 e. The molecule has 1 aliphatic heterocycles. The molecule has 110 valence electrons. The number of morpholine rings is 1. The molecular weight excluding hydrogens is 252 g/mol. The zero-order valence-electron chi connectivity index (χ0n) is 12.4. The van der Waals surface area contributed by atoms with Gasteiger partial charge in [-0.1, -0.05) is 6.92 Å². The second-order valence-electron chi connectivity index (χ2n) is 5.60. The van der Waals surface area contributed by atoms with Gasteiger partial charge in [0.25, 0.3) is 0 Å². The first-order chi connectivity index (χ1) is 9.81. The molecule has 20 heavy (non-hydrogen) atoms. The molecule has 1 N–H and O–H groups in total. The van der Waals surface area contributed by atoms with Crippen molar-refractivity contribution in [2.24, 2.45) is 0 Å². The summed E-state index contributed by atoms with van der Waals surface area (Å²) in [7, 11) is 0. The second kappa shape index (κ2) is 5.95. The lowest BCUT2D eigenvalue weighted by Gasteiger charge is -2.36. The topological polar surface area (TPSA) is 50.3 Å². The second-order valence-corrected chi connectivity index (χ2v) is 5.60. The van der Waals surface area contributed by atoms with Gasteiger partial charge in [-0.2, -0.15) is 0 Å². The average Bonchev–Trinajstić information content (AvgIpc) is 3.32. The van der Waals surface area contributed by atoms with Gasteiger partial charge in [-0.3, -0.25) is 0 Å². The van der Waals surface area contributed by atoms with Crippen molar-refractivity contribution in [2.75, 3.05) is 36.5 Å². The summed E-state index contributed by atoms with van der Waals surface area (Å²) in [6.45, 7) is 7.71. The lowest BCUT2D eigenvalue weighted by Crippen LogP contribution is -2.45. The summed E-state index contributed by atoms with van der Waals surface area (Å²) in [5, 5.41) is 3.33. The number of rotatable bonds is 5. The number of hydrogen-bond donors (Lipinski definition) is 1. The summed E-state index contributed by atoms with van der Waals surface area (Å²) in [5.41, 5.74) is 0. The van der Waals surface area contributed by atoms with E-state index >= 15 is 0 Å². The molecule has 1 unspecified atom stereocenters. The van der Waals surface area contributed by atoms with Crippen molar-refractivity contribution in [3.63, 3.8) is 0 Å². The summed E-state index contributed by atoms with van der Waals surface area (Å²) >= 11 is 0. The van der Waals surface area contributed by atoms with Crippen molar-refractivity contribution >= 4 is 11.6 Å². The Morgan fingerprint density at radius 1 is 1.35 bits per heavy atom. The quantitative estimate of drug-likeness (QED) is 0.895. The molecule has 1 aromatic rings. The SMILES string of the molecule is CCNc1cc(N2CCOCC2CC)nc(C2CC2)n1. The van der Waals surface area contributed by atoms with Gasteiger partial charge in [-0.15, -0.1) is 0 Å². The standard InChI is InChI=1S/C15H24N4O/c1-3-12-10-20-8-7-19(12)14-9-13(16-4-2)17-15(18-14)11-5-6-11/h9,11-12H,3-8,10H2,1-2H3,(H,16,17,18). The van der Waals surface area contributed by atoms with Crippen LogP contribution >= 0.6 is 0 Å². The van der Waals surface area contributed by atoms with Crippen molar-refractivity contribution < 1.29 is 4.74 Å². The van der Waals surface area contributed by atoms with Crippen LogP contribution in [-0.2, 0) is 4.74 Å². The molecule has 2 aliphatic rings. The van der Waals surface area contributed by atoms with Gasteiger partial charge in [0.1, 0.15) is 17.5 Å². The van der Waals surface area contributed by atoms with E-state index in [2.05, 4.69) is 35.1 Å². The molecule has 0 bridgehead atoms. The maximum atomic E-state index is 5.59. The van der Waals surface area contributed by atoms with Crippen LogP contribution in [0, 0.1) is 0 Å². The number of nitrogens with zero attached hydrogens (tertiary/aromatic N) is 3. The van der Waals surface area contributed by atoms with E-state index in [1.54, 1.807) is 0 Å². The monoisotopic (exact) mass is 276 g/mol. The van der Waals surface area contributed by atoms with Gasteiger partial charge in [-0.05, 0) is 26.2 Å². The van der Waals surface area contributed by atoms with Gasteiger partial charge in [0.2, 0.25) is 0 Å². The average molecular weight is 276 g/mol. The fourth-order valence-corrected chi connectivity index (χ4v) is 2.69. The third kappa shape index (κ3) is 2.87. The van der Waals surface area contributed by atoms with E-state index in [0.29, 0.717) is 12.0 Å². The van der Waals surface area contributed by atoms with Crippen LogP contribution in [0.1, 0.15) is 44.9 Å². The maximum absolute atomic E-state index is 5.59.